The van der Waals surface area contributed by atoms with Crippen LogP contribution >= 0.6 is 0 Å². The lowest BCUT2D eigenvalue weighted by Crippen LogP contribution is -2.24. The van der Waals surface area contributed by atoms with Crippen molar-refractivity contribution in [3.63, 3.8) is 0 Å². The Morgan fingerprint density at radius 2 is 1.18 bits per heavy atom. The van der Waals surface area contributed by atoms with Crippen molar-refractivity contribution in [3.8, 4) is 6.07 Å². The SMILES string of the molecule is CC.CC1CCC(C2CCC(C#N)CC2)CC1. The highest BCUT2D eigenvalue weighted by Crippen LogP contribution is 2.40. The summed E-state index contributed by atoms with van der Waals surface area (Å²) in [4.78, 5) is 0. The molecule has 98 valence electrons. The Labute approximate surface area is 108 Å². The number of nitrogens with zero attached hydrogens (tertiary/aromatic N) is 1. The van der Waals surface area contributed by atoms with E-state index in [9.17, 15) is 0 Å². The summed E-state index contributed by atoms with van der Waals surface area (Å²) in [6.07, 6.45) is 10.8. The van der Waals surface area contributed by atoms with Crippen molar-refractivity contribution in [2.24, 2.45) is 23.7 Å². The second-order valence-electron chi connectivity index (χ2n) is 5.76. The molecule has 2 aliphatic carbocycles. The molecule has 0 aromatic heterocycles. The van der Waals surface area contributed by atoms with Crippen molar-refractivity contribution in [1.82, 2.24) is 0 Å². The van der Waals surface area contributed by atoms with Crippen LogP contribution in [-0.4, -0.2) is 0 Å². The molecule has 0 amide bonds. The van der Waals surface area contributed by atoms with Crippen LogP contribution in [0.2, 0.25) is 0 Å². The molecule has 0 atom stereocenters. The summed E-state index contributed by atoms with van der Waals surface area (Å²) < 4.78 is 0. The van der Waals surface area contributed by atoms with Gasteiger partial charge in [0.05, 0.1) is 6.07 Å². The molecule has 0 aromatic rings. The standard InChI is InChI=1S/C14H23N.C2H6/c1-11-2-6-13(7-3-11)14-8-4-12(10-15)5-9-14;1-2/h11-14H,2-9H2,1H3;1-2H3. The zero-order valence-electron chi connectivity index (χ0n) is 11.9. The molecule has 2 aliphatic rings. The summed E-state index contributed by atoms with van der Waals surface area (Å²) in [5.74, 6) is 3.31. The van der Waals surface area contributed by atoms with Crippen LogP contribution in [0, 0.1) is 35.0 Å². The topological polar surface area (TPSA) is 23.8 Å². The first kappa shape index (κ1) is 14.6. The van der Waals surface area contributed by atoms with E-state index in [0.29, 0.717) is 5.92 Å². The largest absolute Gasteiger partial charge is 0.198 e. The molecule has 0 heterocycles. The van der Waals surface area contributed by atoms with Crippen LogP contribution in [0.1, 0.15) is 72.1 Å². The monoisotopic (exact) mass is 235 g/mol. The summed E-state index contributed by atoms with van der Waals surface area (Å²) in [7, 11) is 0. The van der Waals surface area contributed by atoms with Crippen molar-refractivity contribution in [2.45, 2.75) is 72.1 Å². The van der Waals surface area contributed by atoms with E-state index in [-0.39, 0.29) is 0 Å². The molecular formula is C16H29N. The first-order chi connectivity index (χ1) is 8.29. The van der Waals surface area contributed by atoms with E-state index >= 15 is 0 Å². The third kappa shape index (κ3) is 4.34. The zero-order valence-corrected chi connectivity index (χ0v) is 11.9. The summed E-state index contributed by atoms with van der Waals surface area (Å²) >= 11 is 0. The quantitative estimate of drug-likeness (QED) is 0.615. The maximum atomic E-state index is 8.87. The molecule has 1 heteroatoms. The van der Waals surface area contributed by atoms with E-state index in [1.165, 1.54) is 51.4 Å². The molecular weight excluding hydrogens is 206 g/mol. The van der Waals surface area contributed by atoms with Crippen LogP contribution < -0.4 is 0 Å². The van der Waals surface area contributed by atoms with Crippen LogP contribution in [0.15, 0.2) is 0 Å². The summed E-state index contributed by atoms with van der Waals surface area (Å²) in [5, 5.41) is 8.87. The summed E-state index contributed by atoms with van der Waals surface area (Å²) in [6.45, 7) is 6.39. The number of rotatable bonds is 1. The van der Waals surface area contributed by atoms with Gasteiger partial charge < -0.3 is 0 Å². The Morgan fingerprint density at radius 3 is 1.59 bits per heavy atom. The van der Waals surface area contributed by atoms with Gasteiger partial charge >= 0.3 is 0 Å². The Morgan fingerprint density at radius 1 is 0.765 bits per heavy atom. The Bertz CT molecular complexity index is 224. The molecule has 0 aromatic carbocycles. The van der Waals surface area contributed by atoms with Gasteiger partial charge in [-0.25, -0.2) is 0 Å². The van der Waals surface area contributed by atoms with Crippen LogP contribution in [-0.2, 0) is 0 Å². The van der Waals surface area contributed by atoms with Crippen molar-refractivity contribution < 1.29 is 0 Å². The average Bonchev–Trinajstić information content (AvgIpc) is 2.42. The predicted octanol–water partition coefficient (Wildman–Crippen LogP) is 5.17. The molecule has 0 radical (unpaired) electrons. The van der Waals surface area contributed by atoms with Crippen molar-refractivity contribution in [2.75, 3.05) is 0 Å². The molecule has 2 rings (SSSR count). The van der Waals surface area contributed by atoms with E-state index in [4.69, 9.17) is 5.26 Å². The minimum atomic E-state index is 0.378. The van der Waals surface area contributed by atoms with Gasteiger partial charge in [-0.15, -0.1) is 0 Å². The normalized spacial score (nSPS) is 37.5. The fourth-order valence-corrected chi connectivity index (χ4v) is 3.48. The van der Waals surface area contributed by atoms with Crippen LogP contribution in [0.5, 0.6) is 0 Å². The van der Waals surface area contributed by atoms with E-state index in [1.807, 2.05) is 13.8 Å². The van der Waals surface area contributed by atoms with Crippen LogP contribution in [0.4, 0.5) is 0 Å². The molecule has 2 fully saturated rings. The minimum Gasteiger partial charge on any atom is -0.198 e. The lowest BCUT2D eigenvalue weighted by atomic mass is 9.70. The molecule has 0 unspecified atom stereocenters. The van der Waals surface area contributed by atoms with Gasteiger partial charge in [-0.1, -0.05) is 33.6 Å². The van der Waals surface area contributed by atoms with Gasteiger partial charge in [0.2, 0.25) is 0 Å². The smallest absolute Gasteiger partial charge is 0.0655 e. The van der Waals surface area contributed by atoms with Gasteiger partial charge in [0.15, 0.2) is 0 Å². The van der Waals surface area contributed by atoms with E-state index in [2.05, 4.69) is 13.0 Å². The fourth-order valence-electron chi connectivity index (χ4n) is 3.48. The highest BCUT2D eigenvalue weighted by molar-refractivity contribution is 4.89. The Kier molecular flexibility index (Phi) is 6.63. The zero-order chi connectivity index (χ0) is 12.7. The third-order valence-electron chi connectivity index (χ3n) is 4.68. The number of nitriles is 1. The second kappa shape index (κ2) is 7.75. The van der Waals surface area contributed by atoms with Crippen LogP contribution in [0.3, 0.4) is 0 Å². The van der Waals surface area contributed by atoms with Crippen molar-refractivity contribution in [1.29, 1.82) is 5.26 Å². The average molecular weight is 235 g/mol. The molecule has 1 nitrogen and oxygen atoms in total. The van der Waals surface area contributed by atoms with Gasteiger partial charge in [0.1, 0.15) is 0 Å². The second-order valence-corrected chi connectivity index (χ2v) is 5.76. The Hall–Kier alpha value is -0.510. The lowest BCUT2D eigenvalue weighted by Gasteiger charge is -2.35. The van der Waals surface area contributed by atoms with E-state index < -0.39 is 0 Å². The lowest BCUT2D eigenvalue weighted by molar-refractivity contribution is 0.161. The van der Waals surface area contributed by atoms with Crippen molar-refractivity contribution >= 4 is 0 Å². The fraction of sp³-hybridized carbons (Fsp3) is 0.938. The van der Waals surface area contributed by atoms with E-state index in [1.54, 1.807) is 0 Å². The van der Waals surface area contributed by atoms with Gasteiger partial charge in [0.25, 0.3) is 0 Å². The van der Waals surface area contributed by atoms with Gasteiger partial charge in [-0.05, 0) is 56.3 Å². The van der Waals surface area contributed by atoms with Crippen molar-refractivity contribution in [3.05, 3.63) is 0 Å². The van der Waals surface area contributed by atoms with Gasteiger partial charge in [0, 0.05) is 5.92 Å². The predicted molar refractivity (Wildman–Crippen MR) is 73.5 cm³/mol. The van der Waals surface area contributed by atoms with Gasteiger partial charge in [-0.3, -0.25) is 0 Å². The Balaban J connectivity index is 0.000000686. The van der Waals surface area contributed by atoms with Crippen LogP contribution in [0.25, 0.3) is 0 Å². The summed E-state index contributed by atoms with van der Waals surface area (Å²) in [6, 6.07) is 2.43. The number of hydrogen-bond acceptors (Lipinski definition) is 1. The maximum absolute atomic E-state index is 8.87. The molecule has 0 N–H and O–H groups in total. The summed E-state index contributed by atoms with van der Waals surface area (Å²) in [5.41, 5.74) is 0. The first-order valence-corrected chi connectivity index (χ1v) is 7.69. The highest BCUT2D eigenvalue weighted by atomic mass is 14.4. The minimum absolute atomic E-state index is 0.378. The highest BCUT2D eigenvalue weighted by Gasteiger charge is 2.29. The number of hydrogen-bond donors (Lipinski definition) is 0. The molecule has 0 bridgehead atoms. The molecule has 0 spiro atoms. The maximum Gasteiger partial charge on any atom is 0.0655 e. The molecule has 17 heavy (non-hydrogen) atoms. The first-order valence-electron chi connectivity index (χ1n) is 7.69. The third-order valence-corrected chi connectivity index (χ3v) is 4.68. The van der Waals surface area contributed by atoms with Gasteiger partial charge in [-0.2, -0.15) is 5.26 Å². The molecule has 0 aliphatic heterocycles. The molecule has 0 saturated heterocycles. The van der Waals surface area contributed by atoms with E-state index in [0.717, 1.165) is 17.8 Å². The molecule has 2 saturated carbocycles.